The van der Waals surface area contributed by atoms with E-state index in [-0.39, 0.29) is 24.3 Å². The Morgan fingerprint density at radius 1 is 1.35 bits per heavy atom. The third-order valence-corrected chi connectivity index (χ3v) is 4.23. The van der Waals surface area contributed by atoms with Crippen LogP contribution in [0.5, 0.6) is 0 Å². The van der Waals surface area contributed by atoms with Gasteiger partial charge in [0, 0.05) is 5.41 Å². The molecular weight excluding hydrogens is 295 g/mol. The fraction of sp³-hybridized carbons (Fsp3) is 0.316. The van der Waals surface area contributed by atoms with Crippen molar-refractivity contribution in [3.8, 4) is 0 Å². The molecule has 4 heteroatoms. The highest BCUT2D eigenvalue weighted by Crippen LogP contribution is 2.38. The van der Waals surface area contributed by atoms with E-state index in [9.17, 15) is 14.3 Å². The Hall–Kier alpha value is -2.20. The lowest BCUT2D eigenvalue weighted by Gasteiger charge is -2.32. The second-order valence-electron chi connectivity index (χ2n) is 5.85. The smallest absolute Gasteiger partial charge is 0.313 e. The molecule has 1 aromatic rings. The highest BCUT2D eigenvalue weighted by molar-refractivity contribution is 5.76. The third kappa shape index (κ3) is 3.96. The Balaban J connectivity index is 2.24. The first-order valence-electron chi connectivity index (χ1n) is 7.50. The van der Waals surface area contributed by atoms with E-state index in [1.165, 1.54) is 19.2 Å². The molecular formula is C19H21FO3. The van der Waals surface area contributed by atoms with Crippen LogP contribution < -0.4 is 0 Å². The van der Waals surface area contributed by atoms with Crippen LogP contribution in [0.2, 0.25) is 0 Å². The molecule has 23 heavy (non-hydrogen) atoms. The molecule has 2 atom stereocenters. The normalized spacial score (nSPS) is 23.8. The first-order valence-corrected chi connectivity index (χ1v) is 7.50. The van der Waals surface area contributed by atoms with Gasteiger partial charge in [-0.1, -0.05) is 49.4 Å². The van der Waals surface area contributed by atoms with Crippen LogP contribution in [0.1, 0.15) is 18.9 Å². The number of hydrogen-bond donors (Lipinski definition) is 1. The predicted octanol–water partition coefficient (Wildman–Crippen LogP) is 3.51. The molecule has 0 bridgehead atoms. The van der Waals surface area contributed by atoms with Crippen molar-refractivity contribution in [2.75, 3.05) is 13.7 Å². The van der Waals surface area contributed by atoms with E-state index in [2.05, 4.69) is 0 Å². The SMILES string of the molecule is COC(=O)C1C=CC=CC1(C)C/C=C(\CO)c1ccc(F)cc1. The van der Waals surface area contributed by atoms with Gasteiger partial charge in [-0.25, -0.2) is 4.39 Å². The lowest BCUT2D eigenvalue weighted by atomic mass is 9.71. The summed E-state index contributed by atoms with van der Waals surface area (Å²) in [7, 11) is 1.38. The minimum atomic E-state index is -0.428. The lowest BCUT2D eigenvalue weighted by molar-refractivity contribution is -0.146. The summed E-state index contributed by atoms with van der Waals surface area (Å²) in [6.45, 7) is 1.83. The van der Waals surface area contributed by atoms with E-state index in [0.717, 1.165) is 5.56 Å². The summed E-state index contributed by atoms with van der Waals surface area (Å²) in [4.78, 5) is 12.0. The van der Waals surface area contributed by atoms with Crippen LogP contribution in [0.25, 0.3) is 5.57 Å². The maximum Gasteiger partial charge on any atom is 0.313 e. The van der Waals surface area contributed by atoms with Gasteiger partial charge in [0.2, 0.25) is 0 Å². The van der Waals surface area contributed by atoms with Gasteiger partial charge in [-0.3, -0.25) is 4.79 Å². The summed E-state index contributed by atoms with van der Waals surface area (Å²) >= 11 is 0. The number of aliphatic hydroxyl groups is 1. The Bertz CT molecular complexity index is 643. The Morgan fingerprint density at radius 2 is 2.04 bits per heavy atom. The summed E-state index contributed by atoms with van der Waals surface area (Å²) in [5.74, 6) is -0.972. The number of carbonyl (C=O) groups is 1. The number of halogens is 1. The molecule has 0 radical (unpaired) electrons. The highest BCUT2D eigenvalue weighted by Gasteiger charge is 2.36. The first kappa shape index (κ1) is 17.2. The van der Waals surface area contributed by atoms with Crippen molar-refractivity contribution in [1.82, 2.24) is 0 Å². The summed E-state index contributed by atoms with van der Waals surface area (Å²) in [5, 5.41) is 9.60. The van der Waals surface area contributed by atoms with Gasteiger partial charge in [-0.05, 0) is 29.7 Å². The summed E-state index contributed by atoms with van der Waals surface area (Å²) in [6.07, 6.45) is 10.00. The average Bonchev–Trinajstić information content (AvgIpc) is 2.56. The van der Waals surface area contributed by atoms with Gasteiger partial charge in [0.15, 0.2) is 0 Å². The second-order valence-corrected chi connectivity index (χ2v) is 5.85. The maximum absolute atomic E-state index is 13.0. The fourth-order valence-electron chi connectivity index (χ4n) is 2.72. The van der Waals surface area contributed by atoms with Crippen LogP contribution in [0, 0.1) is 17.2 Å². The second kappa shape index (κ2) is 7.38. The molecule has 1 aliphatic rings. The van der Waals surface area contributed by atoms with Crippen molar-refractivity contribution in [1.29, 1.82) is 0 Å². The van der Waals surface area contributed by atoms with Crippen molar-refractivity contribution < 1.29 is 19.0 Å². The molecule has 0 saturated heterocycles. The van der Waals surface area contributed by atoms with Gasteiger partial charge in [-0.2, -0.15) is 0 Å². The van der Waals surface area contributed by atoms with Gasteiger partial charge in [0.05, 0.1) is 19.6 Å². The van der Waals surface area contributed by atoms with Crippen molar-refractivity contribution in [3.63, 3.8) is 0 Å². The highest BCUT2D eigenvalue weighted by atomic mass is 19.1. The van der Waals surface area contributed by atoms with Crippen molar-refractivity contribution in [3.05, 3.63) is 66.0 Å². The van der Waals surface area contributed by atoms with Crippen LogP contribution in [0.4, 0.5) is 4.39 Å². The van der Waals surface area contributed by atoms with E-state index in [1.54, 1.807) is 12.1 Å². The van der Waals surface area contributed by atoms with Crippen molar-refractivity contribution >= 4 is 11.5 Å². The predicted molar refractivity (Wildman–Crippen MR) is 88.0 cm³/mol. The van der Waals surface area contributed by atoms with Crippen LogP contribution >= 0.6 is 0 Å². The molecule has 0 heterocycles. The number of allylic oxidation sites excluding steroid dienone is 4. The molecule has 3 nitrogen and oxygen atoms in total. The van der Waals surface area contributed by atoms with Crippen LogP contribution in [0.3, 0.4) is 0 Å². The lowest BCUT2D eigenvalue weighted by Crippen LogP contribution is -2.32. The topological polar surface area (TPSA) is 46.5 Å². The number of benzene rings is 1. The number of rotatable bonds is 5. The van der Waals surface area contributed by atoms with Crippen LogP contribution in [-0.4, -0.2) is 24.8 Å². The Kier molecular flexibility index (Phi) is 5.50. The minimum Gasteiger partial charge on any atom is -0.469 e. The van der Waals surface area contributed by atoms with E-state index in [1.807, 2.05) is 37.3 Å². The average molecular weight is 316 g/mol. The molecule has 0 aliphatic heterocycles. The van der Waals surface area contributed by atoms with Gasteiger partial charge < -0.3 is 9.84 Å². The molecule has 0 amide bonds. The summed E-state index contributed by atoms with van der Waals surface area (Å²) < 4.78 is 17.9. The molecule has 2 rings (SSSR count). The largest absolute Gasteiger partial charge is 0.469 e. The zero-order valence-corrected chi connectivity index (χ0v) is 13.3. The van der Waals surface area contributed by atoms with Crippen LogP contribution in [-0.2, 0) is 9.53 Å². The number of carbonyl (C=O) groups excluding carboxylic acids is 1. The zero-order chi connectivity index (χ0) is 16.9. The molecule has 2 unspecified atom stereocenters. The third-order valence-electron chi connectivity index (χ3n) is 4.23. The van der Waals surface area contributed by atoms with Gasteiger partial charge in [0.1, 0.15) is 5.82 Å². The van der Waals surface area contributed by atoms with E-state index in [0.29, 0.717) is 12.0 Å². The van der Waals surface area contributed by atoms with Crippen molar-refractivity contribution in [2.24, 2.45) is 11.3 Å². The number of methoxy groups -OCH3 is 1. The molecule has 1 aliphatic carbocycles. The molecule has 0 saturated carbocycles. The Morgan fingerprint density at radius 3 is 2.65 bits per heavy atom. The molecule has 122 valence electrons. The van der Waals surface area contributed by atoms with Gasteiger partial charge >= 0.3 is 5.97 Å². The van der Waals surface area contributed by atoms with Gasteiger partial charge in [-0.15, -0.1) is 0 Å². The molecule has 0 fully saturated rings. The first-order chi connectivity index (χ1) is 11.0. The monoisotopic (exact) mass is 316 g/mol. The molecule has 1 aromatic carbocycles. The number of ether oxygens (including phenoxy) is 1. The molecule has 1 N–H and O–H groups in total. The number of esters is 1. The maximum atomic E-state index is 13.0. The molecule has 0 spiro atoms. The summed E-state index contributed by atoms with van der Waals surface area (Å²) in [5.41, 5.74) is 1.04. The quantitative estimate of drug-likeness (QED) is 0.846. The van der Waals surface area contributed by atoms with Crippen LogP contribution in [0.15, 0.2) is 54.6 Å². The standard InChI is InChI=1S/C19H21FO3/c1-19(11-4-3-5-17(19)18(22)23-2)12-10-15(13-21)14-6-8-16(20)9-7-14/h3-11,17,21H,12-13H2,1-2H3/b15-10+. The number of hydrogen-bond acceptors (Lipinski definition) is 3. The number of aliphatic hydroxyl groups excluding tert-OH is 1. The van der Waals surface area contributed by atoms with E-state index in [4.69, 9.17) is 4.74 Å². The minimum absolute atomic E-state index is 0.149. The van der Waals surface area contributed by atoms with Crippen molar-refractivity contribution in [2.45, 2.75) is 13.3 Å². The Labute approximate surface area is 135 Å². The zero-order valence-electron chi connectivity index (χ0n) is 13.3. The van der Waals surface area contributed by atoms with E-state index >= 15 is 0 Å². The van der Waals surface area contributed by atoms with E-state index < -0.39 is 5.41 Å². The fourth-order valence-corrected chi connectivity index (χ4v) is 2.72. The molecule has 0 aromatic heterocycles. The summed E-state index contributed by atoms with van der Waals surface area (Å²) in [6, 6.07) is 5.99. The van der Waals surface area contributed by atoms with Gasteiger partial charge in [0.25, 0.3) is 0 Å².